The van der Waals surface area contributed by atoms with Crippen molar-refractivity contribution in [3.05, 3.63) is 77.9 Å². The topological polar surface area (TPSA) is 70.7 Å². The second kappa shape index (κ2) is 13.1. The molecule has 0 bridgehead atoms. The van der Waals surface area contributed by atoms with E-state index in [1.165, 1.54) is 6.07 Å². The fourth-order valence-corrected chi connectivity index (χ4v) is 5.64. The van der Waals surface area contributed by atoms with Crippen LogP contribution >= 0.6 is 0 Å². The molecule has 40 heavy (non-hydrogen) atoms. The molecular weight excluding hydrogens is 508 g/mol. The third-order valence-corrected chi connectivity index (χ3v) is 7.66. The monoisotopic (exact) mass is 547 g/mol. The Hall–Kier alpha value is -3.72. The summed E-state index contributed by atoms with van der Waals surface area (Å²) in [5, 5.41) is 3.12. The average molecular weight is 548 g/mol. The number of pyridine rings is 1. The molecule has 1 atom stereocenters. The lowest BCUT2D eigenvalue weighted by Gasteiger charge is -2.34. The number of allylic oxidation sites excluding steroid dienone is 2. The number of benzene rings is 1. The molecule has 2 aromatic heterocycles. The molecule has 1 fully saturated rings. The Morgan fingerprint density at radius 1 is 1.25 bits per heavy atom. The highest BCUT2D eigenvalue weighted by molar-refractivity contribution is 6.12. The van der Waals surface area contributed by atoms with Crippen LogP contribution in [0.4, 0.5) is 14.6 Å². The molecule has 1 aliphatic heterocycles. The molecule has 1 aromatic carbocycles. The molecule has 4 rings (SSSR count). The Balaban J connectivity index is 1.54. The fraction of sp³-hybridized carbons (Fsp3) is 0.419. The molecule has 0 spiro atoms. The van der Waals surface area contributed by atoms with Crippen molar-refractivity contribution in [3.63, 3.8) is 0 Å². The number of nitrogens with zero attached hydrogens (tertiary/aromatic N) is 6. The zero-order valence-electron chi connectivity index (χ0n) is 23.9. The number of fused-ring (bicyclic) bond motifs is 1. The number of imidazole rings is 1. The third-order valence-electron chi connectivity index (χ3n) is 7.66. The molecule has 0 amide bonds. The quantitative estimate of drug-likeness (QED) is 0.211. The van der Waals surface area contributed by atoms with Gasteiger partial charge >= 0.3 is 0 Å². The summed E-state index contributed by atoms with van der Waals surface area (Å²) in [6, 6.07) is 6.97. The maximum absolute atomic E-state index is 15.1. The maximum atomic E-state index is 15.1. The first-order valence-electron chi connectivity index (χ1n) is 13.9. The minimum absolute atomic E-state index is 0.0303. The van der Waals surface area contributed by atoms with E-state index in [4.69, 9.17) is 0 Å². The summed E-state index contributed by atoms with van der Waals surface area (Å²) in [6.07, 6.45) is 7.15. The van der Waals surface area contributed by atoms with Gasteiger partial charge in [0.1, 0.15) is 29.5 Å². The third kappa shape index (κ3) is 6.36. The molecule has 9 heteroatoms. The molecule has 3 heterocycles. The lowest BCUT2D eigenvalue weighted by molar-refractivity contribution is 0.184. The van der Waals surface area contributed by atoms with Gasteiger partial charge in [-0.25, -0.2) is 18.7 Å². The Labute approximate surface area is 235 Å². The van der Waals surface area contributed by atoms with Gasteiger partial charge in [0.25, 0.3) is 0 Å². The largest absolute Gasteiger partial charge is 0.351 e. The number of anilines is 1. The van der Waals surface area contributed by atoms with E-state index in [0.29, 0.717) is 23.1 Å². The number of likely N-dealkylation sites (tertiary alicyclic amines) is 1. The summed E-state index contributed by atoms with van der Waals surface area (Å²) in [4.78, 5) is 19.4. The molecule has 1 unspecified atom stereocenters. The summed E-state index contributed by atoms with van der Waals surface area (Å²) in [6.45, 7) is 18.8. The van der Waals surface area contributed by atoms with Crippen LogP contribution in [0.2, 0.25) is 0 Å². The Bertz CT molecular complexity index is 1400. The first-order chi connectivity index (χ1) is 19.3. The molecular formula is C31H39F2N7. The van der Waals surface area contributed by atoms with Gasteiger partial charge in [0.05, 0.1) is 11.7 Å². The van der Waals surface area contributed by atoms with Gasteiger partial charge in [-0.3, -0.25) is 9.98 Å². The van der Waals surface area contributed by atoms with Crippen LogP contribution in [0.1, 0.15) is 62.5 Å². The molecule has 1 aliphatic rings. The van der Waals surface area contributed by atoms with Crippen LogP contribution in [0.5, 0.6) is 0 Å². The highest BCUT2D eigenvalue weighted by Crippen LogP contribution is 2.33. The minimum Gasteiger partial charge on any atom is -0.351 e. The number of aliphatic imine (C=N–C) groups is 2. The zero-order chi connectivity index (χ0) is 28.8. The van der Waals surface area contributed by atoms with Gasteiger partial charge in [-0.05, 0) is 89.6 Å². The molecule has 3 aromatic rings. The Kier molecular flexibility index (Phi) is 9.58. The lowest BCUT2D eigenvalue weighted by Crippen LogP contribution is -2.35. The van der Waals surface area contributed by atoms with E-state index in [1.54, 1.807) is 6.07 Å². The van der Waals surface area contributed by atoms with Crippen molar-refractivity contribution in [1.29, 1.82) is 0 Å². The van der Waals surface area contributed by atoms with Crippen molar-refractivity contribution in [1.82, 2.24) is 19.4 Å². The molecule has 212 valence electrons. The second-order valence-electron chi connectivity index (χ2n) is 10.5. The average Bonchev–Trinajstić information content (AvgIpc) is 3.29. The SMILES string of the molecule is C=CC(c1ccc(NCN=C(/C(F)=C\N=C)c2cc(F)c3nc(C)n(C(C)C)c3c2)nc1)C1CCN(CC)CC1. The van der Waals surface area contributed by atoms with Crippen molar-refractivity contribution in [2.45, 2.75) is 52.5 Å². The smallest absolute Gasteiger partial charge is 0.167 e. The summed E-state index contributed by atoms with van der Waals surface area (Å²) in [5.41, 5.74) is 2.22. The highest BCUT2D eigenvalue weighted by Gasteiger charge is 2.25. The van der Waals surface area contributed by atoms with Crippen LogP contribution in [0, 0.1) is 18.7 Å². The predicted molar refractivity (Wildman–Crippen MR) is 161 cm³/mol. The number of aryl methyl sites for hydroxylation is 1. The number of hydrogen-bond donors (Lipinski definition) is 1. The van der Waals surface area contributed by atoms with Crippen molar-refractivity contribution >= 4 is 29.3 Å². The van der Waals surface area contributed by atoms with Gasteiger partial charge in [-0.15, -0.1) is 6.58 Å². The number of nitrogens with one attached hydrogen (secondary N) is 1. The van der Waals surface area contributed by atoms with Crippen molar-refractivity contribution in [2.24, 2.45) is 15.9 Å². The Morgan fingerprint density at radius 2 is 2.00 bits per heavy atom. The number of halogens is 2. The van der Waals surface area contributed by atoms with Crippen molar-refractivity contribution < 1.29 is 8.78 Å². The van der Waals surface area contributed by atoms with Gasteiger partial charge in [0.2, 0.25) is 0 Å². The molecule has 1 N–H and O–H groups in total. The highest BCUT2D eigenvalue weighted by atomic mass is 19.1. The molecule has 0 saturated carbocycles. The first kappa shape index (κ1) is 29.3. The number of aromatic nitrogens is 3. The van der Waals surface area contributed by atoms with E-state index in [2.05, 4.69) is 56.5 Å². The molecule has 0 aliphatic carbocycles. The zero-order valence-corrected chi connectivity index (χ0v) is 23.9. The lowest BCUT2D eigenvalue weighted by atomic mass is 9.80. The first-order valence-corrected chi connectivity index (χ1v) is 13.9. The summed E-state index contributed by atoms with van der Waals surface area (Å²) < 4.78 is 32.1. The van der Waals surface area contributed by atoms with E-state index < -0.39 is 11.6 Å². The minimum atomic E-state index is -0.714. The molecule has 0 radical (unpaired) electrons. The predicted octanol–water partition coefficient (Wildman–Crippen LogP) is 6.83. The van der Waals surface area contributed by atoms with E-state index in [1.807, 2.05) is 43.7 Å². The van der Waals surface area contributed by atoms with Gasteiger partial charge in [-0.1, -0.05) is 19.1 Å². The molecule has 7 nitrogen and oxygen atoms in total. The van der Waals surface area contributed by atoms with Gasteiger partial charge in [0.15, 0.2) is 11.6 Å². The van der Waals surface area contributed by atoms with E-state index in [9.17, 15) is 0 Å². The van der Waals surface area contributed by atoms with Crippen LogP contribution in [0.15, 0.2) is 65.1 Å². The number of hydrogen-bond acceptors (Lipinski definition) is 6. The van der Waals surface area contributed by atoms with Crippen LogP contribution in [-0.2, 0) is 0 Å². The summed E-state index contributed by atoms with van der Waals surface area (Å²) in [5.74, 6) is 0.846. The van der Waals surface area contributed by atoms with E-state index >= 15 is 8.78 Å². The second-order valence-corrected chi connectivity index (χ2v) is 10.5. The molecule has 1 saturated heterocycles. The van der Waals surface area contributed by atoms with Gasteiger partial charge in [0, 0.05) is 23.7 Å². The van der Waals surface area contributed by atoms with E-state index in [-0.39, 0.29) is 35.4 Å². The number of rotatable bonds is 11. The summed E-state index contributed by atoms with van der Waals surface area (Å²) >= 11 is 0. The van der Waals surface area contributed by atoms with Gasteiger partial charge < -0.3 is 14.8 Å². The van der Waals surface area contributed by atoms with Gasteiger partial charge in [-0.2, -0.15) is 0 Å². The van der Waals surface area contributed by atoms with Crippen LogP contribution < -0.4 is 5.32 Å². The normalized spacial score (nSPS) is 16.5. The van der Waals surface area contributed by atoms with Crippen LogP contribution in [0.3, 0.4) is 0 Å². The van der Waals surface area contributed by atoms with E-state index in [0.717, 1.165) is 44.2 Å². The summed E-state index contributed by atoms with van der Waals surface area (Å²) in [7, 11) is 0. The van der Waals surface area contributed by atoms with Crippen LogP contribution in [-0.4, -0.2) is 58.2 Å². The number of piperidine rings is 1. The van der Waals surface area contributed by atoms with Crippen molar-refractivity contribution in [3.8, 4) is 0 Å². The maximum Gasteiger partial charge on any atom is 0.167 e. The fourth-order valence-electron chi connectivity index (χ4n) is 5.64. The standard InChI is InChI=1S/C31H39F2N7/c1-7-25(22-11-13-39(8-2)14-12-22)23-9-10-29(35-17-23)36-19-37-30(27(33)18-34-6)24-15-26(32)31-28(16-24)40(20(3)4)21(5)38-31/h7,9-10,15-18,20,22,25H,1,6,8,11-14,19H2,2-5H3,(H,35,36)/b27-18+,37-30?. The van der Waals surface area contributed by atoms with Crippen LogP contribution in [0.25, 0.3) is 11.0 Å². The Morgan fingerprint density at radius 3 is 2.60 bits per heavy atom. The van der Waals surface area contributed by atoms with Crippen molar-refractivity contribution in [2.75, 3.05) is 31.6 Å².